The van der Waals surface area contributed by atoms with Gasteiger partial charge in [0.1, 0.15) is 11.6 Å². The first-order valence-corrected chi connectivity index (χ1v) is 8.10. The molecule has 3 rings (SSSR count). The van der Waals surface area contributed by atoms with Crippen molar-refractivity contribution < 1.29 is 13.9 Å². The van der Waals surface area contributed by atoms with Crippen LogP contribution in [0.3, 0.4) is 0 Å². The second kappa shape index (κ2) is 7.45. The van der Waals surface area contributed by atoms with Crippen molar-refractivity contribution >= 4 is 11.6 Å². The number of hydrogen-bond acceptors (Lipinski definition) is 3. The molecule has 1 heterocycles. The summed E-state index contributed by atoms with van der Waals surface area (Å²) in [5, 5.41) is 2.65. The maximum absolute atomic E-state index is 13.6. The van der Waals surface area contributed by atoms with Crippen LogP contribution in [0.4, 0.5) is 10.1 Å². The average Bonchev–Trinajstić information content (AvgIpc) is 3.05. The van der Waals surface area contributed by atoms with Gasteiger partial charge in [0.2, 0.25) is 5.91 Å². The molecule has 1 fully saturated rings. The SMILES string of the molecule is COc1ccc(C2CCCN2CC(=O)Nc2ccccc2F)cc1. The lowest BCUT2D eigenvalue weighted by Gasteiger charge is -2.24. The van der Waals surface area contributed by atoms with Crippen LogP contribution < -0.4 is 10.1 Å². The standard InChI is InChI=1S/C19H21FN2O2/c1-24-15-10-8-14(9-11-15)18-7-4-12-22(18)13-19(23)21-17-6-3-2-5-16(17)20/h2-3,5-6,8-11,18H,4,7,12-13H2,1H3,(H,21,23). The Morgan fingerprint density at radius 1 is 1.25 bits per heavy atom. The van der Waals surface area contributed by atoms with Gasteiger partial charge in [0.05, 0.1) is 19.3 Å². The van der Waals surface area contributed by atoms with E-state index in [1.165, 1.54) is 11.6 Å². The predicted octanol–water partition coefficient (Wildman–Crippen LogP) is 3.61. The molecule has 0 saturated carbocycles. The van der Waals surface area contributed by atoms with E-state index in [4.69, 9.17) is 4.74 Å². The first kappa shape index (κ1) is 16.5. The van der Waals surface area contributed by atoms with Gasteiger partial charge in [-0.3, -0.25) is 9.69 Å². The minimum absolute atomic E-state index is 0.194. The number of carbonyl (C=O) groups is 1. The van der Waals surface area contributed by atoms with Gasteiger partial charge < -0.3 is 10.1 Å². The molecule has 0 spiro atoms. The Labute approximate surface area is 141 Å². The highest BCUT2D eigenvalue weighted by Gasteiger charge is 2.27. The number of likely N-dealkylation sites (tertiary alicyclic amines) is 1. The van der Waals surface area contributed by atoms with Crippen LogP contribution >= 0.6 is 0 Å². The molecule has 1 N–H and O–H groups in total. The van der Waals surface area contributed by atoms with E-state index in [1.54, 1.807) is 25.3 Å². The molecular weight excluding hydrogens is 307 g/mol. The fourth-order valence-corrected chi connectivity index (χ4v) is 3.16. The van der Waals surface area contributed by atoms with Crippen LogP contribution in [-0.2, 0) is 4.79 Å². The van der Waals surface area contributed by atoms with Crippen molar-refractivity contribution in [1.82, 2.24) is 4.90 Å². The Morgan fingerprint density at radius 3 is 2.71 bits per heavy atom. The Morgan fingerprint density at radius 2 is 2.00 bits per heavy atom. The molecule has 2 aromatic rings. The fraction of sp³-hybridized carbons (Fsp3) is 0.316. The van der Waals surface area contributed by atoms with Gasteiger partial charge >= 0.3 is 0 Å². The van der Waals surface area contributed by atoms with Gasteiger partial charge in [0.25, 0.3) is 0 Å². The number of nitrogens with zero attached hydrogens (tertiary/aromatic N) is 1. The number of benzene rings is 2. The van der Waals surface area contributed by atoms with Crippen LogP contribution in [0.15, 0.2) is 48.5 Å². The lowest BCUT2D eigenvalue weighted by Crippen LogP contribution is -2.33. The summed E-state index contributed by atoms with van der Waals surface area (Å²) in [4.78, 5) is 14.4. The van der Waals surface area contributed by atoms with Crippen molar-refractivity contribution in [2.45, 2.75) is 18.9 Å². The van der Waals surface area contributed by atoms with Crippen molar-refractivity contribution in [2.75, 3.05) is 25.5 Å². The van der Waals surface area contributed by atoms with E-state index in [-0.39, 0.29) is 24.2 Å². The van der Waals surface area contributed by atoms with Crippen molar-refractivity contribution in [2.24, 2.45) is 0 Å². The lowest BCUT2D eigenvalue weighted by atomic mass is 10.0. The van der Waals surface area contributed by atoms with Crippen molar-refractivity contribution in [3.63, 3.8) is 0 Å². The minimum Gasteiger partial charge on any atom is -0.497 e. The molecule has 1 saturated heterocycles. The van der Waals surface area contributed by atoms with Gasteiger partial charge in [0, 0.05) is 6.04 Å². The van der Waals surface area contributed by atoms with Gasteiger partial charge in [-0.2, -0.15) is 0 Å². The molecule has 126 valence electrons. The summed E-state index contributed by atoms with van der Waals surface area (Å²) in [6.45, 7) is 1.12. The monoisotopic (exact) mass is 328 g/mol. The minimum atomic E-state index is -0.418. The third-order valence-electron chi connectivity index (χ3n) is 4.36. The predicted molar refractivity (Wildman–Crippen MR) is 91.6 cm³/mol. The van der Waals surface area contributed by atoms with E-state index in [0.717, 1.165) is 25.1 Å². The zero-order valence-electron chi connectivity index (χ0n) is 13.7. The normalized spacial score (nSPS) is 17.7. The Bertz CT molecular complexity index is 703. The van der Waals surface area contributed by atoms with Crippen LogP contribution in [0.1, 0.15) is 24.4 Å². The van der Waals surface area contributed by atoms with E-state index in [2.05, 4.69) is 10.2 Å². The highest BCUT2D eigenvalue weighted by Crippen LogP contribution is 2.32. The molecule has 24 heavy (non-hydrogen) atoms. The van der Waals surface area contributed by atoms with Gasteiger partial charge in [-0.1, -0.05) is 24.3 Å². The largest absolute Gasteiger partial charge is 0.497 e. The molecule has 0 radical (unpaired) electrons. The smallest absolute Gasteiger partial charge is 0.238 e. The maximum atomic E-state index is 13.6. The van der Waals surface area contributed by atoms with E-state index in [1.807, 2.05) is 24.3 Å². The number of anilines is 1. The summed E-state index contributed by atoms with van der Waals surface area (Å²) in [5.74, 6) is 0.208. The Kier molecular flexibility index (Phi) is 5.11. The molecule has 1 atom stereocenters. The lowest BCUT2D eigenvalue weighted by molar-refractivity contribution is -0.117. The third-order valence-corrected chi connectivity index (χ3v) is 4.36. The van der Waals surface area contributed by atoms with E-state index >= 15 is 0 Å². The van der Waals surface area contributed by atoms with Crippen LogP contribution in [0.2, 0.25) is 0 Å². The molecule has 5 heteroatoms. The molecule has 4 nitrogen and oxygen atoms in total. The highest BCUT2D eigenvalue weighted by atomic mass is 19.1. The summed E-state index contributed by atoms with van der Waals surface area (Å²) < 4.78 is 18.8. The highest BCUT2D eigenvalue weighted by molar-refractivity contribution is 5.92. The van der Waals surface area contributed by atoms with E-state index in [9.17, 15) is 9.18 Å². The fourth-order valence-electron chi connectivity index (χ4n) is 3.16. The van der Waals surface area contributed by atoms with E-state index in [0.29, 0.717) is 0 Å². The van der Waals surface area contributed by atoms with Crippen molar-refractivity contribution in [3.05, 3.63) is 59.9 Å². The summed E-state index contributed by atoms with van der Waals surface area (Å²) >= 11 is 0. The molecule has 1 amide bonds. The van der Waals surface area contributed by atoms with Crippen LogP contribution in [-0.4, -0.2) is 31.0 Å². The van der Waals surface area contributed by atoms with Crippen LogP contribution in [0.5, 0.6) is 5.75 Å². The Hall–Kier alpha value is -2.40. The molecule has 0 aromatic heterocycles. The topological polar surface area (TPSA) is 41.6 Å². The number of para-hydroxylation sites is 1. The second-order valence-electron chi connectivity index (χ2n) is 5.93. The van der Waals surface area contributed by atoms with Crippen LogP contribution in [0, 0.1) is 5.82 Å². The summed E-state index contributed by atoms with van der Waals surface area (Å²) in [6.07, 6.45) is 2.06. The summed E-state index contributed by atoms with van der Waals surface area (Å²) in [5.41, 5.74) is 1.40. The Balaban J connectivity index is 1.65. The first-order chi connectivity index (χ1) is 11.7. The molecule has 0 aliphatic carbocycles. The third kappa shape index (κ3) is 3.74. The van der Waals surface area contributed by atoms with E-state index < -0.39 is 5.82 Å². The molecule has 0 bridgehead atoms. The number of carbonyl (C=O) groups excluding carboxylic acids is 1. The average molecular weight is 328 g/mol. The number of amides is 1. The molecular formula is C19H21FN2O2. The zero-order valence-corrected chi connectivity index (χ0v) is 13.7. The van der Waals surface area contributed by atoms with Crippen molar-refractivity contribution in [1.29, 1.82) is 0 Å². The quantitative estimate of drug-likeness (QED) is 0.912. The number of halogens is 1. The van der Waals surface area contributed by atoms with Crippen LogP contribution in [0.25, 0.3) is 0 Å². The van der Waals surface area contributed by atoms with Gasteiger partial charge in [0.15, 0.2) is 0 Å². The number of rotatable bonds is 5. The number of methoxy groups -OCH3 is 1. The molecule has 1 aliphatic heterocycles. The zero-order chi connectivity index (χ0) is 16.9. The molecule has 1 aliphatic rings. The molecule has 2 aromatic carbocycles. The summed E-state index contributed by atoms with van der Waals surface area (Å²) in [6, 6.07) is 14.4. The second-order valence-corrected chi connectivity index (χ2v) is 5.93. The number of hydrogen-bond donors (Lipinski definition) is 1. The van der Waals surface area contributed by atoms with Gasteiger partial charge in [-0.05, 0) is 49.2 Å². The molecule has 1 unspecified atom stereocenters. The van der Waals surface area contributed by atoms with Crippen molar-refractivity contribution in [3.8, 4) is 5.75 Å². The maximum Gasteiger partial charge on any atom is 0.238 e. The summed E-state index contributed by atoms with van der Waals surface area (Å²) in [7, 11) is 1.64. The first-order valence-electron chi connectivity index (χ1n) is 8.10. The van der Waals surface area contributed by atoms with Gasteiger partial charge in [-0.25, -0.2) is 4.39 Å². The van der Waals surface area contributed by atoms with Gasteiger partial charge in [-0.15, -0.1) is 0 Å². The number of nitrogens with one attached hydrogen (secondary N) is 1. The number of ether oxygens (including phenoxy) is 1.